The fourth-order valence-corrected chi connectivity index (χ4v) is 9.13. The quantitative estimate of drug-likeness (QED) is 0.136. The van der Waals surface area contributed by atoms with Gasteiger partial charge < -0.3 is 14.4 Å². The van der Waals surface area contributed by atoms with E-state index in [1.807, 2.05) is 0 Å². The number of nitrogens with zero attached hydrogens (tertiary/aromatic N) is 3. The summed E-state index contributed by atoms with van der Waals surface area (Å²) in [5.74, 6) is 0. The molecule has 63 heavy (non-hydrogen) atoms. The number of aromatic nitrogens is 1. The molecule has 1 heterocycles. The normalized spacial score (nSPS) is 11.2. The minimum absolute atomic E-state index is 1.07. The summed E-state index contributed by atoms with van der Waals surface area (Å²) in [5.41, 5.74) is 17.2. The average Bonchev–Trinajstić information content (AvgIpc) is 3.70. The number of para-hydroxylation sites is 5. The Hall–Kier alpha value is -8.40. The van der Waals surface area contributed by atoms with Gasteiger partial charge in [0.2, 0.25) is 0 Å². The minimum atomic E-state index is 1.07. The highest BCUT2D eigenvalue weighted by Crippen LogP contribution is 2.45. The number of anilines is 6. The van der Waals surface area contributed by atoms with Crippen molar-refractivity contribution in [3.63, 3.8) is 0 Å². The van der Waals surface area contributed by atoms with Crippen LogP contribution in [0.15, 0.2) is 261 Å². The molecule has 0 bridgehead atoms. The lowest BCUT2D eigenvalue weighted by Gasteiger charge is -2.28. The molecule has 0 aliphatic heterocycles. The van der Waals surface area contributed by atoms with E-state index in [-0.39, 0.29) is 0 Å². The highest BCUT2D eigenvalue weighted by molar-refractivity contribution is 6.11. The summed E-state index contributed by atoms with van der Waals surface area (Å²) in [7, 11) is 0. The van der Waals surface area contributed by atoms with Gasteiger partial charge in [-0.25, -0.2) is 0 Å². The maximum absolute atomic E-state index is 2.39. The van der Waals surface area contributed by atoms with E-state index >= 15 is 0 Å². The number of hydrogen-bond donors (Lipinski definition) is 0. The van der Waals surface area contributed by atoms with E-state index in [4.69, 9.17) is 0 Å². The van der Waals surface area contributed by atoms with Crippen LogP contribution < -0.4 is 9.80 Å². The molecule has 0 radical (unpaired) electrons. The topological polar surface area (TPSA) is 11.4 Å². The average molecular weight is 806 g/mol. The largest absolute Gasteiger partial charge is 0.311 e. The molecule has 10 aromatic carbocycles. The molecule has 0 N–H and O–H groups in total. The molecule has 0 amide bonds. The molecule has 0 aliphatic carbocycles. The van der Waals surface area contributed by atoms with Crippen LogP contribution in [0.25, 0.3) is 60.9 Å². The molecule has 1 aromatic heterocycles. The molecule has 0 fully saturated rings. The van der Waals surface area contributed by atoms with Gasteiger partial charge in [-0.1, -0.05) is 158 Å². The molecule has 0 atom stereocenters. The van der Waals surface area contributed by atoms with Gasteiger partial charge in [0.15, 0.2) is 0 Å². The molecule has 0 aliphatic rings. The molecular weight excluding hydrogens is 763 g/mol. The first kappa shape index (κ1) is 37.6. The Kier molecular flexibility index (Phi) is 9.89. The van der Waals surface area contributed by atoms with Crippen LogP contribution in [-0.4, -0.2) is 4.57 Å². The van der Waals surface area contributed by atoms with E-state index in [2.05, 4.69) is 275 Å². The lowest BCUT2D eigenvalue weighted by molar-refractivity contribution is 1.18. The third-order valence-corrected chi connectivity index (χ3v) is 11.9. The van der Waals surface area contributed by atoms with Crippen molar-refractivity contribution in [3.8, 4) is 39.1 Å². The van der Waals surface area contributed by atoms with Crippen molar-refractivity contribution < 1.29 is 0 Å². The number of hydrogen-bond acceptors (Lipinski definition) is 2. The van der Waals surface area contributed by atoms with Gasteiger partial charge in [0.1, 0.15) is 0 Å². The summed E-state index contributed by atoms with van der Waals surface area (Å²) in [4.78, 5) is 4.65. The summed E-state index contributed by atoms with van der Waals surface area (Å²) < 4.78 is 2.38. The molecule has 0 unspecified atom stereocenters. The van der Waals surface area contributed by atoms with Crippen LogP contribution >= 0.6 is 0 Å². The number of rotatable bonds is 10. The lowest BCUT2D eigenvalue weighted by atomic mass is 9.87. The highest BCUT2D eigenvalue weighted by atomic mass is 15.2. The monoisotopic (exact) mass is 805 g/mol. The van der Waals surface area contributed by atoms with E-state index in [1.54, 1.807) is 0 Å². The molecule has 0 saturated carbocycles. The number of benzene rings is 10. The van der Waals surface area contributed by atoms with Gasteiger partial charge >= 0.3 is 0 Å². The van der Waals surface area contributed by atoms with Crippen molar-refractivity contribution in [1.29, 1.82) is 0 Å². The predicted octanol–water partition coefficient (Wildman–Crippen LogP) is 16.7. The second-order valence-corrected chi connectivity index (χ2v) is 15.8. The summed E-state index contributed by atoms with van der Waals surface area (Å²) in [6.07, 6.45) is 0. The Morgan fingerprint density at radius 2 is 0.667 bits per heavy atom. The van der Waals surface area contributed by atoms with Crippen LogP contribution in [0.2, 0.25) is 0 Å². The van der Waals surface area contributed by atoms with Crippen LogP contribution in [-0.2, 0) is 0 Å². The summed E-state index contributed by atoms with van der Waals surface area (Å²) in [6, 6.07) is 93.6. The molecule has 0 spiro atoms. The zero-order valence-corrected chi connectivity index (χ0v) is 34.7. The lowest BCUT2D eigenvalue weighted by Crippen LogP contribution is -2.12. The SMILES string of the molecule is c1ccc(-c2c(-c3cccc(N(c4ccccc4)c4ccc(N(c5ccccc5)c5ccccc5)cc4)c3)cccc2-c2ccc3c(c2)c2ccccc2n3-c2ccccc2)cc1. The molecule has 0 saturated heterocycles. The van der Waals surface area contributed by atoms with Crippen LogP contribution in [0.4, 0.5) is 34.1 Å². The fourth-order valence-electron chi connectivity index (χ4n) is 9.13. The molecule has 3 nitrogen and oxygen atoms in total. The van der Waals surface area contributed by atoms with E-state index in [0.29, 0.717) is 0 Å². The zero-order chi connectivity index (χ0) is 42.0. The van der Waals surface area contributed by atoms with Crippen molar-refractivity contribution in [2.24, 2.45) is 0 Å². The van der Waals surface area contributed by atoms with Crippen LogP contribution in [0.5, 0.6) is 0 Å². The predicted molar refractivity (Wildman–Crippen MR) is 266 cm³/mol. The fraction of sp³-hybridized carbons (Fsp3) is 0. The second-order valence-electron chi connectivity index (χ2n) is 15.8. The Morgan fingerprint density at radius 1 is 0.254 bits per heavy atom. The Balaban J connectivity index is 1.04. The van der Waals surface area contributed by atoms with E-state index in [1.165, 1.54) is 49.6 Å². The summed E-state index contributed by atoms with van der Waals surface area (Å²) >= 11 is 0. The first-order valence-corrected chi connectivity index (χ1v) is 21.5. The summed E-state index contributed by atoms with van der Waals surface area (Å²) in [6.45, 7) is 0. The molecule has 11 rings (SSSR count). The Labute approximate surface area is 368 Å². The highest BCUT2D eigenvalue weighted by Gasteiger charge is 2.20. The standard InChI is InChI=1S/C60H43N3/c1-6-20-44(21-7-1)60-54(33-19-34-55(60)46-36-41-59-57(43-46)56-32-16-17-35-58(56)63(59)50-29-14-5-15-30-50)45-22-18-31-53(42-45)62(49-27-12-4-13-28-49)52-39-37-51(38-40-52)61(47-23-8-2-9-24-47)48-25-10-3-11-26-48/h1-43H. The van der Waals surface area contributed by atoms with Gasteiger partial charge in [-0.15, -0.1) is 0 Å². The van der Waals surface area contributed by atoms with E-state index < -0.39 is 0 Å². The Morgan fingerprint density at radius 3 is 1.25 bits per heavy atom. The van der Waals surface area contributed by atoms with Crippen LogP contribution in [0, 0.1) is 0 Å². The van der Waals surface area contributed by atoms with Crippen LogP contribution in [0.3, 0.4) is 0 Å². The van der Waals surface area contributed by atoms with Crippen molar-refractivity contribution in [3.05, 3.63) is 261 Å². The molecular formula is C60H43N3. The first-order valence-electron chi connectivity index (χ1n) is 21.5. The maximum atomic E-state index is 2.39. The molecule has 11 aromatic rings. The second kappa shape index (κ2) is 16.6. The maximum Gasteiger partial charge on any atom is 0.0541 e. The van der Waals surface area contributed by atoms with Gasteiger partial charge in [-0.05, 0) is 137 Å². The molecule has 298 valence electrons. The van der Waals surface area contributed by atoms with Gasteiger partial charge in [0, 0.05) is 50.6 Å². The van der Waals surface area contributed by atoms with Gasteiger partial charge in [0.25, 0.3) is 0 Å². The summed E-state index contributed by atoms with van der Waals surface area (Å²) in [5, 5.41) is 2.48. The Bertz CT molecular complexity index is 3270. The van der Waals surface area contributed by atoms with Crippen LogP contribution in [0.1, 0.15) is 0 Å². The van der Waals surface area contributed by atoms with Gasteiger partial charge in [-0.2, -0.15) is 0 Å². The minimum Gasteiger partial charge on any atom is -0.311 e. The van der Waals surface area contributed by atoms with Gasteiger partial charge in [-0.3, -0.25) is 0 Å². The number of fused-ring (bicyclic) bond motifs is 3. The van der Waals surface area contributed by atoms with Crippen molar-refractivity contribution in [2.45, 2.75) is 0 Å². The third-order valence-electron chi connectivity index (χ3n) is 11.9. The van der Waals surface area contributed by atoms with E-state index in [9.17, 15) is 0 Å². The zero-order valence-electron chi connectivity index (χ0n) is 34.7. The molecule has 3 heteroatoms. The van der Waals surface area contributed by atoms with Crippen molar-refractivity contribution in [1.82, 2.24) is 4.57 Å². The third kappa shape index (κ3) is 7.12. The van der Waals surface area contributed by atoms with E-state index in [0.717, 1.165) is 45.4 Å². The van der Waals surface area contributed by atoms with Gasteiger partial charge in [0.05, 0.1) is 11.0 Å². The first-order chi connectivity index (χ1) is 31.3. The van der Waals surface area contributed by atoms with Crippen molar-refractivity contribution in [2.75, 3.05) is 9.80 Å². The van der Waals surface area contributed by atoms with Crippen molar-refractivity contribution >= 4 is 55.9 Å². The smallest absolute Gasteiger partial charge is 0.0541 e.